The van der Waals surface area contributed by atoms with E-state index in [9.17, 15) is 9.59 Å². The van der Waals surface area contributed by atoms with Crippen molar-refractivity contribution in [3.8, 4) is 0 Å². The van der Waals surface area contributed by atoms with Crippen molar-refractivity contribution in [2.75, 3.05) is 12.4 Å². The molecule has 1 N–H and O–H groups in total. The SMILES string of the molecule is COC(=O)C(Nc1cnn(C(C)C)c(=O)c1Br)C(C)C. The smallest absolute Gasteiger partial charge is 0.328 e. The normalized spacial score (nSPS) is 12.6. The first kappa shape index (κ1) is 16.7. The molecule has 0 fully saturated rings. The molecule has 0 bridgehead atoms. The Kier molecular flexibility index (Phi) is 5.74. The Labute approximate surface area is 126 Å². The van der Waals surface area contributed by atoms with Crippen molar-refractivity contribution >= 4 is 27.6 Å². The minimum atomic E-state index is -0.535. The molecule has 0 radical (unpaired) electrons. The summed E-state index contributed by atoms with van der Waals surface area (Å²) >= 11 is 3.26. The topological polar surface area (TPSA) is 73.2 Å². The molecule has 1 heterocycles. The number of carbonyl (C=O) groups is 1. The van der Waals surface area contributed by atoms with E-state index in [4.69, 9.17) is 4.74 Å². The van der Waals surface area contributed by atoms with E-state index in [1.165, 1.54) is 18.0 Å². The molecule has 0 saturated heterocycles. The first-order chi connectivity index (χ1) is 9.29. The average molecular weight is 346 g/mol. The number of aromatic nitrogens is 2. The van der Waals surface area contributed by atoms with Gasteiger partial charge >= 0.3 is 5.97 Å². The van der Waals surface area contributed by atoms with Crippen LogP contribution >= 0.6 is 15.9 Å². The molecule has 1 atom stereocenters. The van der Waals surface area contributed by atoms with Crippen LogP contribution in [-0.4, -0.2) is 28.9 Å². The second-order valence-electron chi connectivity index (χ2n) is 5.10. The van der Waals surface area contributed by atoms with Gasteiger partial charge in [0, 0.05) is 0 Å². The number of ether oxygens (including phenoxy) is 1. The quantitative estimate of drug-likeness (QED) is 0.828. The highest BCUT2D eigenvalue weighted by molar-refractivity contribution is 9.10. The Hall–Kier alpha value is -1.37. The van der Waals surface area contributed by atoms with E-state index < -0.39 is 6.04 Å². The Morgan fingerprint density at radius 2 is 2.00 bits per heavy atom. The van der Waals surface area contributed by atoms with Crippen molar-refractivity contribution in [1.29, 1.82) is 0 Å². The predicted molar refractivity (Wildman–Crippen MR) is 80.8 cm³/mol. The highest BCUT2D eigenvalue weighted by Crippen LogP contribution is 2.20. The van der Waals surface area contributed by atoms with Gasteiger partial charge in [0.25, 0.3) is 5.56 Å². The molecule has 7 heteroatoms. The number of carbonyl (C=O) groups excluding carboxylic acids is 1. The maximum Gasteiger partial charge on any atom is 0.328 e. The number of hydrogen-bond donors (Lipinski definition) is 1. The molecule has 0 spiro atoms. The third-order valence-corrected chi connectivity index (χ3v) is 3.63. The van der Waals surface area contributed by atoms with E-state index in [0.29, 0.717) is 10.2 Å². The number of methoxy groups -OCH3 is 1. The molecule has 1 unspecified atom stereocenters. The van der Waals surface area contributed by atoms with E-state index in [1.807, 2.05) is 27.7 Å². The highest BCUT2D eigenvalue weighted by Gasteiger charge is 2.24. The van der Waals surface area contributed by atoms with Crippen LogP contribution in [0.5, 0.6) is 0 Å². The largest absolute Gasteiger partial charge is 0.467 e. The number of hydrogen-bond acceptors (Lipinski definition) is 5. The van der Waals surface area contributed by atoms with Gasteiger partial charge in [-0.3, -0.25) is 4.79 Å². The van der Waals surface area contributed by atoms with Crippen LogP contribution in [0.4, 0.5) is 5.69 Å². The highest BCUT2D eigenvalue weighted by atomic mass is 79.9. The van der Waals surface area contributed by atoms with Gasteiger partial charge in [0.15, 0.2) is 0 Å². The number of nitrogens with one attached hydrogen (secondary N) is 1. The van der Waals surface area contributed by atoms with E-state index in [2.05, 4.69) is 26.3 Å². The summed E-state index contributed by atoms with van der Waals surface area (Å²) in [6.45, 7) is 7.54. The van der Waals surface area contributed by atoms with Crippen LogP contribution in [0.1, 0.15) is 33.7 Å². The summed E-state index contributed by atoms with van der Waals surface area (Å²) in [4.78, 5) is 23.8. The number of anilines is 1. The summed E-state index contributed by atoms with van der Waals surface area (Å²) in [6.07, 6.45) is 1.53. The molecule has 1 rings (SSSR count). The summed E-state index contributed by atoms with van der Waals surface area (Å²) in [5.74, 6) is -0.359. The minimum Gasteiger partial charge on any atom is -0.467 e. The lowest BCUT2D eigenvalue weighted by Gasteiger charge is -2.21. The van der Waals surface area contributed by atoms with Gasteiger partial charge in [-0.1, -0.05) is 13.8 Å². The third kappa shape index (κ3) is 3.59. The number of esters is 1. The Morgan fingerprint density at radius 1 is 1.40 bits per heavy atom. The molecule has 0 aliphatic heterocycles. The Morgan fingerprint density at radius 3 is 2.45 bits per heavy atom. The first-order valence-electron chi connectivity index (χ1n) is 6.41. The monoisotopic (exact) mass is 345 g/mol. The van der Waals surface area contributed by atoms with E-state index in [1.54, 1.807) is 0 Å². The maximum absolute atomic E-state index is 12.1. The molecule has 1 aromatic heterocycles. The van der Waals surface area contributed by atoms with E-state index in [0.717, 1.165) is 0 Å². The third-order valence-electron chi connectivity index (χ3n) is 2.87. The lowest BCUT2D eigenvalue weighted by Crippen LogP contribution is -2.36. The zero-order valence-electron chi connectivity index (χ0n) is 12.3. The van der Waals surface area contributed by atoms with Crippen LogP contribution in [0.3, 0.4) is 0 Å². The fourth-order valence-electron chi connectivity index (χ4n) is 1.71. The number of halogens is 1. The number of nitrogens with zero attached hydrogens (tertiary/aromatic N) is 2. The molecule has 6 nitrogen and oxygen atoms in total. The lowest BCUT2D eigenvalue weighted by atomic mass is 10.0. The molecule has 0 saturated carbocycles. The van der Waals surface area contributed by atoms with Crippen LogP contribution in [0, 0.1) is 5.92 Å². The van der Waals surface area contributed by atoms with Crippen molar-refractivity contribution in [3.63, 3.8) is 0 Å². The molecular formula is C13H20BrN3O3. The fraction of sp³-hybridized carbons (Fsp3) is 0.615. The number of rotatable bonds is 5. The van der Waals surface area contributed by atoms with E-state index >= 15 is 0 Å². The van der Waals surface area contributed by atoms with Crippen LogP contribution in [0.25, 0.3) is 0 Å². The summed E-state index contributed by atoms with van der Waals surface area (Å²) in [6, 6.07) is -0.568. The van der Waals surface area contributed by atoms with Crippen LogP contribution in [0.2, 0.25) is 0 Å². The molecule has 20 heavy (non-hydrogen) atoms. The average Bonchev–Trinajstić information content (AvgIpc) is 2.38. The molecular weight excluding hydrogens is 326 g/mol. The van der Waals surface area contributed by atoms with E-state index in [-0.39, 0.29) is 23.5 Å². The second-order valence-corrected chi connectivity index (χ2v) is 5.90. The molecule has 0 aliphatic rings. The lowest BCUT2D eigenvalue weighted by molar-refractivity contribution is -0.142. The molecule has 0 aromatic carbocycles. The van der Waals surface area contributed by atoms with Crippen molar-refractivity contribution < 1.29 is 9.53 Å². The van der Waals surface area contributed by atoms with Gasteiger partial charge in [0.05, 0.1) is 25.0 Å². The van der Waals surface area contributed by atoms with Crippen LogP contribution < -0.4 is 10.9 Å². The summed E-state index contributed by atoms with van der Waals surface area (Å²) in [5.41, 5.74) is 0.244. The standard InChI is InChI=1S/C13H20BrN3O3/c1-7(2)11(13(19)20-5)16-9-6-15-17(8(3)4)12(18)10(9)14/h6-8,11,16H,1-5H3. The van der Waals surface area contributed by atoms with Gasteiger partial charge in [0.1, 0.15) is 10.5 Å². The summed E-state index contributed by atoms with van der Waals surface area (Å²) < 4.78 is 6.49. The van der Waals surface area contributed by atoms with Crippen LogP contribution in [-0.2, 0) is 9.53 Å². The van der Waals surface area contributed by atoms with Gasteiger partial charge in [0.2, 0.25) is 0 Å². The predicted octanol–water partition coefficient (Wildman–Crippen LogP) is 2.20. The minimum absolute atomic E-state index is 0.0156. The van der Waals surface area contributed by atoms with Gasteiger partial charge in [-0.25, -0.2) is 9.48 Å². The van der Waals surface area contributed by atoms with Gasteiger partial charge in [-0.15, -0.1) is 0 Å². The summed E-state index contributed by atoms with van der Waals surface area (Å²) in [7, 11) is 1.34. The van der Waals surface area contributed by atoms with Crippen molar-refractivity contribution in [3.05, 3.63) is 21.0 Å². The summed E-state index contributed by atoms with van der Waals surface area (Å²) in [5, 5.41) is 7.10. The van der Waals surface area contributed by atoms with Gasteiger partial charge < -0.3 is 10.1 Å². The first-order valence-corrected chi connectivity index (χ1v) is 7.20. The Bertz CT molecular complexity index is 540. The zero-order valence-corrected chi connectivity index (χ0v) is 13.9. The maximum atomic E-state index is 12.1. The fourth-order valence-corrected chi connectivity index (χ4v) is 2.10. The van der Waals surface area contributed by atoms with Crippen LogP contribution in [0.15, 0.2) is 15.5 Å². The van der Waals surface area contributed by atoms with Gasteiger partial charge in [-0.2, -0.15) is 5.10 Å². The molecule has 0 amide bonds. The zero-order chi connectivity index (χ0) is 15.4. The Balaban J connectivity index is 3.12. The second kappa shape index (κ2) is 6.88. The molecule has 0 aliphatic carbocycles. The van der Waals surface area contributed by atoms with Crippen molar-refractivity contribution in [2.45, 2.75) is 39.8 Å². The van der Waals surface area contributed by atoms with Crippen molar-refractivity contribution in [2.24, 2.45) is 5.92 Å². The van der Waals surface area contributed by atoms with Gasteiger partial charge in [-0.05, 0) is 35.7 Å². The van der Waals surface area contributed by atoms with Crippen molar-refractivity contribution in [1.82, 2.24) is 9.78 Å². The molecule has 1 aromatic rings. The molecule has 112 valence electrons.